The van der Waals surface area contributed by atoms with E-state index in [0.29, 0.717) is 18.5 Å². The number of aromatic nitrogens is 1. The standard InChI is InChI=1S/C19H19N3O3S2/c1-26-19-21-14-7-6-11(10-15(14)27-19)20-16(23)8-9-22-17(24)12-4-2-3-5-13(12)18(22)25/h2-3,6-7,10,12-13H,4-5,8-9H2,1H3,(H,20,23)/t12-,13+. The van der Waals surface area contributed by atoms with Gasteiger partial charge in [0.2, 0.25) is 17.7 Å². The van der Waals surface area contributed by atoms with Crippen molar-refractivity contribution in [3.63, 3.8) is 0 Å². The number of anilines is 1. The van der Waals surface area contributed by atoms with E-state index < -0.39 is 0 Å². The molecule has 0 bridgehead atoms. The second kappa shape index (κ2) is 7.44. The molecule has 2 heterocycles. The molecule has 27 heavy (non-hydrogen) atoms. The van der Waals surface area contributed by atoms with Crippen molar-refractivity contribution in [1.82, 2.24) is 9.88 Å². The van der Waals surface area contributed by atoms with Crippen LogP contribution in [0.4, 0.5) is 5.69 Å². The van der Waals surface area contributed by atoms with Gasteiger partial charge < -0.3 is 5.32 Å². The topological polar surface area (TPSA) is 79.4 Å². The van der Waals surface area contributed by atoms with Crippen molar-refractivity contribution in [2.45, 2.75) is 23.6 Å². The summed E-state index contributed by atoms with van der Waals surface area (Å²) in [6.07, 6.45) is 7.23. The van der Waals surface area contributed by atoms with Crippen LogP contribution in [0, 0.1) is 11.8 Å². The number of imide groups is 1. The lowest BCUT2D eigenvalue weighted by Gasteiger charge is -2.14. The van der Waals surface area contributed by atoms with Gasteiger partial charge in [-0.1, -0.05) is 23.9 Å². The summed E-state index contributed by atoms with van der Waals surface area (Å²) in [4.78, 5) is 42.9. The quantitative estimate of drug-likeness (QED) is 0.472. The van der Waals surface area contributed by atoms with Crippen LogP contribution in [-0.2, 0) is 14.4 Å². The van der Waals surface area contributed by atoms with Gasteiger partial charge in [-0.25, -0.2) is 4.98 Å². The van der Waals surface area contributed by atoms with E-state index in [4.69, 9.17) is 0 Å². The highest BCUT2D eigenvalue weighted by molar-refractivity contribution is 8.00. The van der Waals surface area contributed by atoms with E-state index in [2.05, 4.69) is 10.3 Å². The highest BCUT2D eigenvalue weighted by Gasteiger charge is 2.46. The molecule has 1 saturated heterocycles. The summed E-state index contributed by atoms with van der Waals surface area (Å²) < 4.78 is 1.99. The van der Waals surface area contributed by atoms with E-state index in [9.17, 15) is 14.4 Å². The normalized spacial score (nSPS) is 21.7. The van der Waals surface area contributed by atoms with E-state index in [1.807, 2.05) is 36.6 Å². The number of hydrogen-bond acceptors (Lipinski definition) is 6. The molecule has 0 spiro atoms. The lowest BCUT2D eigenvalue weighted by molar-refractivity contribution is -0.140. The molecule has 1 aliphatic heterocycles. The van der Waals surface area contributed by atoms with Crippen molar-refractivity contribution in [2.75, 3.05) is 18.1 Å². The van der Waals surface area contributed by atoms with Crippen molar-refractivity contribution < 1.29 is 14.4 Å². The number of rotatable bonds is 5. The van der Waals surface area contributed by atoms with E-state index in [1.165, 1.54) is 4.90 Å². The zero-order valence-electron chi connectivity index (χ0n) is 14.8. The number of thiazole rings is 1. The number of likely N-dealkylation sites (tertiary alicyclic amines) is 1. The summed E-state index contributed by atoms with van der Waals surface area (Å²) in [5.41, 5.74) is 1.60. The summed E-state index contributed by atoms with van der Waals surface area (Å²) in [5.74, 6) is -0.983. The molecule has 0 saturated carbocycles. The maximum atomic E-state index is 12.4. The fraction of sp³-hybridized carbons (Fsp3) is 0.368. The predicted octanol–water partition coefficient (Wildman–Crippen LogP) is 3.30. The van der Waals surface area contributed by atoms with Gasteiger partial charge in [0.05, 0.1) is 22.1 Å². The fourth-order valence-electron chi connectivity index (χ4n) is 3.59. The van der Waals surface area contributed by atoms with Crippen LogP contribution in [0.2, 0.25) is 0 Å². The second-order valence-electron chi connectivity index (χ2n) is 6.65. The smallest absolute Gasteiger partial charge is 0.233 e. The van der Waals surface area contributed by atoms with Crippen molar-refractivity contribution >= 4 is 56.7 Å². The zero-order valence-corrected chi connectivity index (χ0v) is 16.4. The van der Waals surface area contributed by atoms with Gasteiger partial charge in [-0.3, -0.25) is 19.3 Å². The fourth-order valence-corrected chi connectivity index (χ4v) is 5.12. The highest BCUT2D eigenvalue weighted by atomic mass is 32.2. The molecule has 1 fully saturated rings. The average molecular weight is 402 g/mol. The van der Waals surface area contributed by atoms with E-state index >= 15 is 0 Å². The average Bonchev–Trinajstić information content (AvgIpc) is 3.19. The van der Waals surface area contributed by atoms with Gasteiger partial charge in [0.25, 0.3) is 0 Å². The highest BCUT2D eigenvalue weighted by Crippen LogP contribution is 2.35. The van der Waals surface area contributed by atoms with Crippen molar-refractivity contribution in [3.8, 4) is 0 Å². The largest absolute Gasteiger partial charge is 0.326 e. The van der Waals surface area contributed by atoms with Crippen LogP contribution in [-0.4, -0.2) is 40.4 Å². The number of hydrogen-bond donors (Lipinski definition) is 1. The number of carbonyl (C=O) groups is 3. The molecule has 0 unspecified atom stereocenters. The number of allylic oxidation sites excluding steroid dienone is 2. The molecule has 2 aromatic rings. The molecule has 1 N–H and O–H groups in total. The summed E-state index contributed by atoms with van der Waals surface area (Å²) >= 11 is 3.17. The van der Waals surface area contributed by atoms with Crippen LogP contribution in [0.25, 0.3) is 10.2 Å². The summed E-state index contributed by atoms with van der Waals surface area (Å²) in [5, 5.41) is 2.85. The van der Waals surface area contributed by atoms with Crippen LogP contribution in [0.5, 0.6) is 0 Å². The van der Waals surface area contributed by atoms with Crippen LogP contribution < -0.4 is 5.32 Å². The lowest BCUT2D eigenvalue weighted by Crippen LogP contribution is -2.34. The molecule has 3 amide bonds. The molecule has 1 aromatic heterocycles. The predicted molar refractivity (Wildman–Crippen MR) is 107 cm³/mol. The summed E-state index contributed by atoms with van der Waals surface area (Å²) in [6.45, 7) is 0.135. The van der Waals surface area contributed by atoms with Gasteiger partial charge in [0.15, 0.2) is 4.34 Å². The van der Waals surface area contributed by atoms with Crippen LogP contribution in [0.15, 0.2) is 34.7 Å². The Kier molecular flexibility index (Phi) is 5.01. The van der Waals surface area contributed by atoms with Gasteiger partial charge in [-0.05, 0) is 37.3 Å². The third-order valence-electron chi connectivity index (χ3n) is 4.99. The van der Waals surface area contributed by atoms with Crippen LogP contribution >= 0.6 is 23.1 Å². The SMILES string of the molecule is CSc1nc2ccc(NC(=O)CCN3C(=O)[C@H]4CC=CC[C@H]4C3=O)cc2s1. The Morgan fingerprint density at radius 1 is 1.26 bits per heavy atom. The maximum absolute atomic E-state index is 12.4. The Morgan fingerprint density at radius 2 is 1.96 bits per heavy atom. The molecule has 140 valence electrons. The maximum Gasteiger partial charge on any atom is 0.233 e. The van der Waals surface area contributed by atoms with Gasteiger partial charge in [0.1, 0.15) is 0 Å². The first-order valence-electron chi connectivity index (χ1n) is 8.81. The van der Waals surface area contributed by atoms with E-state index in [1.54, 1.807) is 23.1 Å². The number of fused-ring (bicyclic) bond motifs is 2. The van der Waals surface area contributed by atoms with E-state index in [-0.39, 0.29) is 42.5 Å². The number of carbonyl (C=O) groups excluding carboxylic acids is 3. The molecule has 2 aliphatic rings. The first kappa shape index (κ1) is 18.2. The number of amides is 3. The van der Waals surface area contributed by atoms with Gasteiger partial charge in [0, 0.05) is 18.7 Å². The molecule has 8 heteroatoms. The minimum atomic E-state index is -0.245. The van der Waals surface area contributed by atoms with Crippen molar-refractivity contribution in [1.29, 1.82) is 0 Å². The van der Waals surface area contributed by atoms with Gasteiger partial charge in [-0.2, -0.15) is 0 Å². The molecular weight excluding hydrogens is 382 g/mol. The Balaban J connectivity index is 1.37. The number of thioether (sulfide) groups is 1. The molecule has 0 radical (unpaired) electrons. The molecule has 1 aliphatic carbocycles. The van der Waals surface area contributed by atoms with Gasteiger partial charge in [-0.15, -0.1) is 11.3 Å². The molecule has 4 rings (SSSR count). The molecule has 6 nitrogen and oxygen atoms in total. The molecule has 1 aromatic carbocycles. The van der Waals surface area contributed by atoms with Crippen LogP contribution in [0.1, 0.15) is 19.3 Å². The Labute approximate surface area is 165 Å². The van der Waals surface area contributed by atoms with Gasteiger partial charge >= 0.3 is 0 Å². The Morgan fingerprint density at radius 3 is 2.63 bits per heavy atom. The van der Waals surface area contributed by atoms with Crippen molar-refractivity contribution in [3.05, 3.63) is 30.4 Å². The second-order valence-corrected chi connectivity index (χ2v) is 8.73. The minimum Gasteiger partial charge on any atom is -0.326 e. The third-order valence-corrected chi connectivity index (χ3v) is 6.99. The van der Waals surface area contributed by atoms with Crippen molar-refractivity contribution in [2.24, 2.45) is 11.8 Å². The number of nitrogens with zero attached hydrogens (tertiary/aromatic N) is 2. The Hall–Kier alpha value is -2.19. The van der Waals surface area contributed by atoms with E-state index in [0.717, 1.165) is 14.6 Å². The summed E-state index contributed by atoms with van der Waals surface area (Å²) in [6, 6.07) is 5.60. The first-order valence-corrected chi connectivity index (χ1v) is 10.9. The number of nitrogens with one attached hydrogen (secondary N) is 1. The minimum absolute atomic E-state index is 0.0984. The molecule has 2 atom stereocenters. The summed E-state index contributed by atoms with van der Waals surface area (Å²) in [7, 11) is 0. The van der Waals surface area contributed by atoms with Crippen LogP contribution in [0.3, 0.4) is 0 Å². The monoisotopic (exact) mass is 401 g/mol. The lowest BCUT2D eigenvalue weighted by atomic mass is 9.85. The third kappa shape index (κ3) is 3.51. The number of benzene rings is 1. The zero-order chi connectivity index (χ0) is 19.0. The Bertz CT molecular complexity index is 927. The first-order chi connectivity index (χ1) is 13.1. The molecular formula is C19H19N3O3S2.